The van der Waals surface area contributed by atoms with Crippen molar-refractivity contribution in [1.82, 2.24) is 9.97 Å². The van der Waals surface area contributed by atoms with E-state index in [9.17, 15) is 9.90 Å². The van der Waals surface area contributed by atoms with Gasteiger partial charge in [-0.05, 0) is 29.0 Å². The molecule has 4 nitrogen and oxygen atoms in total. The van der Waals surface area contributed by atoms with Gasteiger partial charge >= 0.3 is 0 Å². The molecule has 2 N–H and O–H groups in total. The quantitative estimate of drug-likeness (QED) is 0.824. The van der Waals surface area contributed by atoms with Crippen LogP contribution in [0, 0.1) is 3.57 Å². The van der Waals surface area contributed by atoms with E-state index in [1.54, 1.807) is 34.4 Å². The molecule has 15 heavy (non-hydrogen) atoms. The number of halogens is 1. The highest BCUT2D eigenvalue weighted by Gasteiger charge is 2.08. The molecular formula is C9H13IN2O2S. The molecule has 0 spiro atoms. The van der Waals surface area contributed by atoms with Crippen molar-refractivity contribution in [2.45, 2.75) is 31.3 Å². The summed E-state index contributed by atoms with van der Waals surface area (Å²) in [6.07, 6.45) is 1.07. The lowest BCUT2D eigenvalue weighted by Gasteiger charge is -2.07. The summed E-state index contributed by atoms with van der Waals surface area (Å²) in [5, 5.41) is 9.88. The van der Waals surface area contributed by atoms with Gasteiger partial charge in [0, 0.05) is 5.25 Å². The van der Waals surface area contributed by atoms with Crippen molar-refractivity contribution in [3.63, 3.8) is 0 Å². The van der Waals surface area contributed by atoms with Crippen molar-refractivity contribution in [2.24, 2.45) is 0 Å². The average Bonchev–Trinajstić information content (AvgIpc) is 2.22. The largest absolute Gasteiger partial charge is 0.492 e. The fraction of sp³-hybridized carbons (Fsp3) is 0.556. The van der Waals surface area contributed by atoms with Crippen LogP contribution in [0.4, 0.5) is 0 Å². The highest BCUT2D eigenvalue weighted by atomic mass is 127. The van der Waals surface area contributed by atoms with Crippen LogP contribution in [-0.4, -0.2) is 20.3 Å². The highest BCUT2D eigenvalue weighted by molar-refractivity contribution is 14.1. The van der Waals surface area contributed by atoms with E-state index in [0.717, 1.165) is 6.42 Å². The molecule has 1 aromatic rings. The molecule has 1 rings (SSSR count). The van der Waals surface area contributed by atoms with Crippen molar-refractivity contribution in [3.8, 4) is 5.88 Å². The second-order valence-corrected chi connectivity index (χ2v) is 5.69. The number of thioether (sulfide) groups is 1. The second kappa shape index (κ2) is 5.74. The molecular weight excluding hydrogens is 327 g/mol. The van der Waals surface area contributed by atoms with Crippen LogP contribution < -0.4 is 5.56 Å². The third-order valence-electron chi connectivity index (χ3n) is 1.97. The van der Waals surface area contributed by atoms with Gasteiger partial charge < -0.3 is 10.1 Å². The van der Waals surface area contributed by atoms with E-state index in [0.29, 0.717) is 16.8 Å². The molecule has 0 fully saturated rings. The summed E-state index contributed by atoms with van der Waals surface area (Å²) in [6, 6.07) is 0. The normalized spacial score (nSPS) is 12.7. The Morgan fingerprint density at radius 3 is 2.87 bits per heavy atom. The van der Waals surface area contributed by atoms with Gasteiger partial charge in [0.1, 0.15) is 9.39 Å². The zero-order chi connectivity index (χ0) is 11.4. The summed E-state index contributed by atoms with van der Waals surface area (Å²) >= 11 is 3.48. The molecule has 1 atom stereocenters. The summed E-state index contributed by atoms with van der Waals surface area (Å²) in [4.78, 5) is 17.9. The lowest BCUT2D eigenvalue weighted by molar-refractivity contribution is 0.444. The Morgan fingerprint density at radius 2 is 2.33 bits per heavy atom. The van der Waals surface area contributed by atoms with Gasteiger partial charge in [-0.3, -0.25) is 4.79 Å². The van der Waals surface area contributed by atoms with E-state index in [4.69, 9.17) is 0 Å². The standard InChI is InChI=1S/C9H13IN2O2S/c1-3-5(2)15-4-6-11-8(13)7(10)9(14)12-6/h5H,3-4H2,1-2H3,(H2,11,12,13,14). The third-order valence-corrected chi connectivity index (χ3v) is 4.29. The predicted octanol–water partition coefficient (Wildman–Crippen LogP) is 2.11. The molecule has 1 heterocycles. The minimum Gasteiger partial charge on any atom is -0.492 e. The Bertz CT molecular complexity index is 394. The fourth-order valence-corrected chi connectivity index (χ4v) is 1.97. The number of aromatic nitrogens is 2. The molecule has 0 amide bonds. The molecule has 0 saturated carbocycles. The van der Waals surface area contributed by atoms with Crippen molar-refractivity contribution in [2.75, 3.05) is 0 Å². The first-order valence-corrected chi connectivity index (χ1v) is 6.76. The minimum atomic E-state index is -0.275. The van der Waals surface area contributed by atoms with Gasteiger partial charge in [-0.1, -0.05) is 13.8 Å². The number of aromatic hydroxyl groups is 1. The minimum absolute atomic E-state index is 0.181. The third kappa shape index (κ3) is 3.67. The molecule has 0 saturated heterocycles. The van der Waals surface area contributed by atoms with Crippen LogP contribution in [0.3, 0.4) is 0 Å². The second-order valence-electron chi connectivity index (χ2n) is 3.18. The van der Waals surface area contributed by atoms with Gasteiger partial charge in [0.05, 0.1) is 5.75 Å². The van der Waals surface area contributed by atoms with Crippen LogP contribution in [0.2, 0.25) is 0 Å². The van der Waals surface area contributed by atoms with Crippen LogP contribution >= 0.6 is 34.4 Å². The number of aromatic amines is 1. The van der Waals surface area contributed by atoms with Crippen molar-refractivity contribution in [3.05, 3.63) is 19.7 Å². The first-order valence-electron chi connectivity index (χ1n) is 4.63. The van der Waals surface area contributed by atoms with Gasteiger partial charge in [-0.15, -0.1) is 0 Å². The molecule has 84 valence electrons. The van der Waals surface area contributed by atoms with Crippen molar-refractivity contribution >= 4 is 34.4 Å². The highest BCUT2D eigenvalue weighted by Crippen LogP contribution is 2.19. The number of nitrogens with zero attached hydrogens (tertiary/aromatic N) is 1. The topological polar surface area (TPSA) is 66.0 Å². The summed E-state index contributed by atoms with van der Waals surface area (Å²) in [5.41, 5.74) is -0.275. The Labute approximate surface area is 106 Å². The monoisotopic (exact) mass is 340 g/mol. The predicted molar refractivity (Wildman–Crippen MR) is 70.3 cm³/mol. The summed E-state index contributed by atoms with van der Waals surface area (Å²) in [6.45, 7) is 4.23. The first kappa shape index (κ1) is 12.8. The van der Waals surface area contributed by atoms with Crippen LogP contribution in [0.5, 0.6) is 5.88 Å². The van der Waals surface area contributed by atoms with Crippen LogP contribution in [0.25, 0.3) is 0 Å². The SMILES string of the molecule is CCC(C)SCc1nc(O)c(I)c(=O)[nH]1. The number of H-pyrrole nitrogens is 1. The van der Waals surface area contributed by atoms with Crippen molar-refractivity contribution in [1.29, 1.82) is 0 Å². The van der Waals surface area contributed by atoms with Crippen LogP contribution in [0.1, 0.15) is 26.1 Å². The molecule has 6 heteroatoms. The van der Waals surface area contributed by atoms with E-state index in [1.165, 1.54) is 0 Å². The van der Waals surface area contributed by atoms with E-state index in [1.807, 2.05) is 0 Å². The summed E-state index contributed by atoms with van der Waals surface area (Å²) < 4.78 is 0.241. The van der Waals surface area contributed by atoms with Crippen LogP contribution in [0.15, 0.2) is 4.79 Å². The maximum absolute atomic E-state index is 11.3. The Balaban J connectivity index is 2.75. The first-order chi connectivity index (χ1) is 7.04. The van der Waals surface area contributed by atoms with Gasteiger partial charge in [-0.2, -0.15) is 16.7 Å². The van der Waals surface area contributed by atoms with E-state index >= 15 is 0 Å². The molecule has 1 aromatic heterocycles. The Hall–Kier alpha value is -0.240. The zero-order valence-electron chi connectivity index (χ0n) is 8.58. The molecule has 0 aliphatic rings. The number of hydrogen-bond acceptors (Lipinski definition) is 4. The smallest absolute Gasteiger partial charge is 0.268 e. The Kier molecular flexibility index (Phi) is 4.91. The average molecular weight is 340 g/mol. The molecule has 1 unspecified atom stereocenters. The molecule has 0 radical (unpaired) electrons. The van der Waals surface area contributed by atoms with Crippen molar-refractivity contribution < 1.29 is 5.11 Å². The van der Waals surface area contributed by atoms with E-state index in [-0.39, 0.29) is 15.0 Å². The van der Waals surface area contributed by atoms with E-state index < -0.39 is 0 Å². The number of nitrogens with one attached hydrogen (secondary N) is 1. The lowest BCUT2D eigenvalue weighted by atomic mass is 10.4. The lowest BCUT2D eigenvalue weighted by Crippen LogP contribution is -2.14. The molecule has 0 aromatic carbocycles. The number of hydrogen-bond donors (Lipinski definition) is 2. The maximum Gasteiger partial charge on any atom is 0.268 e. The van der Waals surface area contributed by atoms with E-state index in [2.05, 4.69) is 23.8 Å². The van der Waals surface area contributed by atoms with Gasteiger partial charge in [-0.25, -0.2) is 0 Å². The van der Waals surface area contributed by atoms with Crippen LogP contribution in [-0.2, 0) is 5.75 Å². The fourth-order valence-electron chi connectivity index (χ4n) is 0.900. The van der Waals surface area contributed by atoms with Gasteiger partial charge in [0.15, 0.2) is 0 Å². The molecule has 0 aliphatic heterocycles. The summed E-state index contributed by atoms with van der Waals surface area (Å²) in [7, 11) is 0. The Morgan fingerprint density at radius 1 is 1.67 bits per heavy atom. The maximum atomic E-state index is 11.3. The zero-order valence-corrected chi connectivity index (χ0v) is 11.6. The molecule has 0 bridgehead atoms. The number of rotatable bonds is 4. The van der Waals surface area contributed by atoms with Gasteiger partial charge in [0.2, 0.25) is 5.88 Å². The summed E-state index contributed by atoms with van der Waals surface area (Å²) in [5.74, 6) is 0.969. The molecule has 0 aliphatic carbocycles. The van der Waals surface area contributed by atoms with Gasteiger partial charge in [0.25, 0.3) is 5.56 Å².